The molecule has 0 fully saturated rings. The maximum absolute atomic E-state index is 10.9. The molecule has 21 heavy (non-hydrogen) atoms. The molecule has 0 spiro atoms. The summed E-state index contributed by atoms with van der Waals surface area (Å²) < 4.78 is 0. The number of carbonyl (C=O) groups is 1. The Bertz CT molecular complexity index is 590. The first kappa shape index (κ1) is 15.5. The van der Waals surface area contributed by atoms with Crippen LogP contribution in [-0.2, 0) is 4.79 Å². The van der Waals surface area contributed by atoms with E-state index in [1.54, 1.807) is 6.21 Å². The third-order valence-electron chi connectivity index (χ3n) is 4.45. The number of hydrogen-bond donors (Lipinski definition) is 1. The molecule has 1 heterocycles. The van der Waals surface area contributed by atoms with E-state index >= 15 is 0 Å². The summed E-state index contributed by atoms with van der Waals surface area (Å²) in [5.74, 6) is 0.358. The maximum atomic E-state index is 10.9. The number of amides is 1. The van der Waals surface area contributed by atoms with E-state index in [1.165, 1.54) is 23.7 Å². The van der Waals surface area contributed by atoms with Crippen molar-refractivity contribution in [3.63, 3.8) is 0 Å². The van der Waals surface area contributed by atoms with Gasteiger partial charge >= 0.3 is 0 Å². The van der Waals surface area contributed by atoms with Crippen molar-refractivity contribution in [2.75, 3.05) is 11.9 Å². The molecular weight excluding hydrogens is 262 g/mol. The molecule has 1 atom stereocenters. The summed E-state index contributed by atoms with van der Waals surface area (Å²) in [5.41, 5.74) is 7.50. The number of anilines is 1. The zero-order valence-corrected chi connectivity index (χ0v) is 13.8. The number of hydrogen-bond acceptors (Lipinski definition) is 3. The van der Waals surface area contributed by atoms with Gasteiger partial charge in [-0.05, 0) is 61.9 Å². The molecule has 1 N–H and O–H groups in total. The van der Waals surface area contributed by atoms with Crippen molar-refractivity contribution in [3.8, 4) is 0 Å². The molecular formula is C17H25N3O. The second-order valence-corrected chi connectivity index (χ2v) is 6.67. The molecule has 0 saturated carbocycles. The largest absolute Gasteiger partial charge is 0.369 e. The van der Waals surface area contributed by atoms with E-state index in [-0.39, 0.29) is 11.4 Å². The topological polar surface area (TPSA) is 44.7 Å². The maximum Gasteiger partial charge on any atom is 0.236 e. The zero-order valence-electron chi connectivity index (χ0n) is 13.8. The third-order valence-corrected chi connectivity index (χ3v) is 4.45. The van der Waals surface area contributed by atoms with Crippen molar-refractivity contribution >= 4 is 17.8 Å². The number of aryl methyl sites for hydroxylation is 1. The summed E-state index contributed by atoms with van der Waals surface area (Å²) in [7, 11) is 2.16. The SMILES string of the molecule is CC(=O)N/N=C\c1cc2c(cc1C)N(C)C(C)(C)CC2C. The van der Waals surface area contributed by atoms with Crippen molar-refractivity contribution in [2.24, 2.45) is 5.10 Å². The molecule has 4 nitrogen and oxygen atoms in total. The summed E-state index contributed by atoms with van der Waals surface area (Å²) in [6.07, 6.45) is 2.85. The predicted molar refractivity (Wildman–Crippen MR) is 88.1 cm³/mol. The van der Waals surface area contributed by atoms with Gasteiger partial charge < -0.3 is 4.90 Å². The Morgan fingerprint density at radius 3 is 2.76 bits per heavy atom. The Morgan fingerprint density at radius 2 is 2.14 bits per heavy atom. The van der Waals surface area contributed by atoms with Crippen LogP contribution in [0.15, 0.2) is 17.2 Å². The fourth-order valence-electron chi connectivity index (χ4n) is 3.07. The van der Waals surface area contributed by atoms with Crippen molar-refractivity contribution in [1.82, 2.24) is 5.43 Å². The number of nitrogens with zero attached hydrogens (tertiary/aromatic N) is 2. The second-order valence-electron chi connectivity index (χ2n) is 6.67. The highest BCUT2D eigenvalue weighted by Crippen LogP contribution is 2.43. The molecule has 114 valence electrons. The number of fused-ring (bicyclic) bond motifs is 1. The average molecular weight is 287 g/mol. The van der Waals surface area contributed by atoms with E-state index in [9.17, 15) is 4.79 Å². The molecule has 1 amide bonds. The van der Waals surface area contributed by atoms with Gasteiger partial charge in [-0.2, -0.15) is 5.10 Å². The monoisotopic (exact) mass is 287 g/mol. The van der Waals surface area contributed by atoms with E-state index in [0.717, 1.165) is 12.0 Å². The minimum Gasteiger partial charge on any atom is -0.369 e. The first-order valence-electron chi connectivity index (χ1n) is 7.40. The smallest absolute Gasteiger partial charge is 0.236 e. The molecule has 1 unspecified atom stereocenters. The van der Waals surface area contributed by atoms with Crippen LogP contribution in [0.5, 0.6) is 0 Å². The summed E-state index contributed by atoms with van der Waals surface area (Å²) in [6, 6.07) is 4.42. The highest BCUT2D eigenvalue weighted by atomic mass is 16.2. The minimum atomic E-state index is -0.156. The normalized spacial score (nSPS) is 20.5. The second kappa shape index (κ2) is 5.51. The summed E-state index contributed by atoms with van der Waals surface area (Å²) in [5, 5.41) is 3.99. The van der Waals surface area contributed by atoms with Gasteiger partial charge in [0.25, 0.3) is 0 Å². The summed E-state index contributed by atoms with van der Waals surface area (Å²) in [6.45, 7) is 10.4. The lowest BCUT2D eigenvalue weighted by molar-refractivity contribution is -0.118. The lowest BCUT2D eigenvalue weighted by Gasteiger charge is -2.45. The van der Waals surface area contributed by atoms with Gasteiger partial charge in [-0.15, -0.1) is 0 Å². The van der Waals surface area contributed by atoms with Crippen LogP contribution in [0, 0.1) is 6.92 Å². The fourth-order valence-corrected chi connectivity index (χ4v) is 3.07. The van der Waals surface area contributed by atoms with Gasteiger partial charge in [0.05, 0.1) is 6.21 Å². The molecule has 1 aliphatic rings. The molecule has 4 heteroatoms. The minimum absolute atomic E-state index is 0.156. The van der Waals surface area contributed by atoms with E-state index in [2.05, 4.69) is 62.3 Å². The van der Waals surface area contributed by atoms with E-state index in [0.29, 0.717) is 5.92 Å². The van der Waals surface area contributed by atoms with Crippen LogP contribution in [0.4, 0.5) is 5.69 Å². The Labute approximate surface area is 127 Å². The predicted octanol–water partition coefficient (Wildman–Crippen LogP) is 3.19. The quantitative estimate of drug-likeness (QED) is 0.670. The molecule has 0 bridgehead atoms. The highest BCUT2D eigenvalue weighted by molar-refractivity contribution is 5.85. The Hall–Kier alpha value is -1.84. The van der Waals surface area contributed by atoms with Gasteiger partial charge in [-0.1, -0.05) is 6.92 Å². The first-order valence-corrected chi connectivity index (χ1v) is 7.40. The van der Waals surface area contributed by atoms with E-state index in [4.69, 9.17) is 0 Å². The van der Waals surface area contributed by atoms with E-state index in [1.807, 2.05) is 0 Å². The Kier molecular flexibility index (Phi) is 4.08. The van der Waals surface area contributed by atoms with E-state index < -0.39 is 0 Å². The van der Waals surface area contributed by atoms with Crippen molar-refractivity contribution in [1.29, 1.82) is 0 Å². The van der Waals surface area contributed by atoms with Crippen LogP contribution in [0.2, 0.25) is 0 Å². The number of hydrazone groups is 1. The Balaban J connectivity index is 2.41. The van der Waals surface area contributed by atoms with Crippen LogP contribution >= 0.6 is 0 Å². The molecule has 1 aliphatic heterocycles. The van der Waals surface area contributed by atoms with Crippen LogP contribution in [-0.4, -0.2) is 24.7 Å². The molecule has 1 aromatic rings. The molecule has 0 saturated heterocycles. The summed E-state index contributed by atoms with van der Waals surface area (Å²) in [4.78, 5) is 13.3. The molecule has 1 aromatic carbocycles. The van der Waals surface area contributed by atoms with Gasteiger partial charge in [0, 0.05) is 25.2 Å². The summed E-state index contributed by atoms with van der Waals surface area (Å²) >= 11 is 0. The number of benzene rings is 1. The van der Waals surface area contributed by atoms with Crippen LogP contribution in [0.1, 0.15) is 56.7 Å². The Morgan fingerprint density at radius 1 is 1.48 bits per heavy atom. The van der Waals surface area contributed by atoms with Crippen molar-refractivity contribution in [3.05, 3.63) is 28.8 Å². The average Bonchev–Trinajstić information content (AvgIpc) is 2.36. The van der Waals surface area contributed by atoms with Crippen molar-refractivity contribution < 1.29 is 4.79 Å². The first-order chi connectivity index (χ1) is 9.72. The van der Waals surface area contributed by atoms with Gasteiger partial charge in [-0.3, -0.25) is 4.79 Å². The molecule has 0 aliphatic carbocycles. The van der Waals surface area contributed by atoms with Crippen LogP contribution < -0.4 is 10.3 Å². The van der Waals surface area contributed by atoms with Crippen LogP contribution in [0.3, 0.4) is 0 Å². The van der Waals surface area contributed by atoms with Crippen LogP contribution in [0.25, 0.3) is 0 Å². The lowest BCUT2D eigenvalue weighted by atomic mass is 9.79. The molecule has 2 rings (SSSR count). The number of rotatable bonds is 2. The number of nitrogens with one attached hydrogen (secondary N) is 1. The highest BCUT2D eigenvalue weighted by Gasteiger charge is 2.34. The fraction of sp³-hybridized carbons (Fsp3) is 0.529. The van der Waals surface area contributed by atoms with Gasteiger partial charge in [-0.25, -0.2) is 5.43 Å². The standard InChI is InChI=1S/C17H25N3O/c1-11-7-16-15(8-14(11)10-18-19-13(3)21)12(2)9-17(4,5)20(16)6/h7-8,10,12H,9H2,1-6H3,(H,19,21)/b18-10-. The zero-order chi connectivity index (χ0) is 15.8. The van der Waals surface area contributed by atoms with Gasteiger partial charge in [0.1, 0.15) is 0 Å². The van der Waals surface area contributed by atoms with Crippen molar-refractivity contribution in [2.45, 2.75) is 52.5 Å². The van der Waals surface area contributed by atoms with Gasteiger partial charge in [0.2, 0.25) is 5.91 Å². The lowest BCUT2D eigenvalue weighted by Crippen LogP contribution is -2.45. The van der Waals surface area contributed by atoms with Gasteiger partial charge in [0.15, 0.2) is 0 Å². The molecule has 0 aromatic heterocycles. The third kappa shape index (κ3) is 3.09. The number of carbonyl (C=O) groups excluding carboxylic acids is 1. The molecule has 0 radical (unpaired) electrons.